The number of hydrogen-bond acceptors (Lipinski definition) is 4. The summed E-state index contributed by atoms with van der Waals surface area (Å²) in [5.41, 5.74) is 1.89. The summed E-state index contributed by atoms with van der Waals surface area (Å²) in [5, 5.41) is 11.6. The zero-order valence-electron chi connectivity index (χ0n) is 9.82. The maximum Gasteiger partial charge on any atom is 0.160 e. The highest BCUT2D eigenvalue weighted by Crippen LogP contribution is 2.02. The van der Waals surface area contributed by atoms with E-state index in [0.29, 0.717) is 6.54 Å². The summed E-state index contributed by atoms with van der Waals surface area (Å²) >= 11 is 0. The third-order valence-corrected chi connectivity index (χ3v) is 2.70. The average molecular weight is 239 g/mol. The van der Waals surface area contributed by atoms with Gasteiger partial charge in [0.25, 0.3) is 0 Å². The topological polar surface area (TPSA) is 55.1 Å². The lowest BCUT2D eigenvalue weighted by Crippen LogP contribution is -2.15. The summed E-state index contributed by atoms with van der Waals surface area (Å²) in [6.07, 6.45) is 3.76. The molecule has 0 radical (unpaired) electrons. The summed E-state index contributed by atoms with van der Waals surface area (Å²) in [5.74, 6) is 0.904. The van der Waals surface area contributed by atoms with Gasteiger partial charge >= 0.3 is 0 Å². The quantitative estimate of drug-likeness (QED) is 0.748. The van der Waals surface area contributed by atoms with Gasteiger partial charge in [-0.3, -0.25) is 9.38 Å². The van der Waals surface area contributed by atoms with E-state index in [-0.39, 0.29) is 0 Å². The number of hydrogen-bond donors (Lipinski definition) is 1. The van der Waals surface area contributed by atoms with Gasteiger partial charge in [0.1, 0.15) is 0 Å². The molecule has 0 spiro atoms. The van der Waals surface area contributed by atoms with Crippen LogP contribution in [0.4, 0.5) is 0 Å². The summed E-state index contributed by atoms with van der Waals surface area (Å²) in [6.45, 7) is 1.39. The summed E-state index contributed by atoms with van der Waals surface area (Å²) in [4.78, 5) is 4.25. The van der Waals surface area contributed by atoms with Crippen LogP contribution in [0.5, 0.6) is 0 Å². The highest BCUT2D eigenvalue weighted by molar-refractivity contribution is 5.36. The zero-order chi connectivity index (χ0) is 12.2. The first-order valence-corrected chi connectivity index (χ1v) is 5.83. The van der Waals surface area contributed by atoms with Gasteiger partial charge in [-0.05, 0) is 24.3 Å². The van der Waals surface area contributed by atoms with Crippen molar-refractivity contribution in [3.63, 3.8) is 0 Å². The normalized spacial score (nSPS) is 10.9. The SMILES string of the molecule is c1ccc(CNCc2nnc3ccccn23)nc1. The van der Waals surface area contributed by atoms with Crippen LogP contribution < -0.4 is 5.32 Å². The second-order valence-electron chi connectivity index (χ2n) is 3.97. The first kappa shape index (κ1) is 10.9. The molecule has 3 aromatic heterocycles. The molecule has 0 aliphatic heterocycles. The highest BCUT2D eigenvalue weighted by Gasteiger charge is 2.03. The average Bonchev–Trinajstić information content (AvgIpc) is 2.84. The summed E-state index contributed by atoms with van der Waals surface area (Å²) in [6, 6.07) is 11.8. The second kappa shape index (κ2) is 4.93. The van der Waals surface area contributed by atoms with Gasteiger partial charge in [-0.2, -0.15) is 0 Å². The van der Waals surface area contributed by atoms with Crippen molar-refractivity contribution < 1.29 is 0 Å². The largest absolute Gasteiger partial charge is 0.304 e. The number of aromatic nitrogens is 4. The molecule has 0 aliphatic rings. The van der Waals surface area contributed by atoms with E-state index in [4.69, 9.17) is 0 Å². The van der Waals surface area contributed by atoms with Crippen LogP contribution in [-0.4, -0.2) is 19.6 Å². The van der Waals surface area contributed by atoms with Crippen LogP contribution in [0, 0.1) is 0 Å². The minimum atomic E-state index is 0.668. The number of nitrogens with zero attached hydrogens (tertiary/aromatic N) is 4. The predicted octanol–water partition coefficient (Wildman–Crippen LogP) is 1.41. The molecule has 0 fully saturated rings. The molecule has 0 saturated heterocycles. The lowest BCUT2D eigenvalue weighted by molar-refractivity contribution is 0.646. The number of pyridine rings is 2. The monoisotopic (exact) mass is 239 g/mol. The van der Waals surface area contributed by atoms with E-state index in [1.54, 1.807) is 6.20 Å². The molecule has 90 valence electrons. The Morgan fingerprint density at radius 1 is 1.00 bits per heavy atom. The van der Waals surface area contributed by atoms with E-state index < -0.39 is 0 Å². The molecule has 1 N–H and O–H groups in total. The van der Waals surface area contributed by atoms with Gasteiger partial charge in [0, 0.05) is 18.9 Å². The van der Waals surface area contributed by atoms with E-state index in [2.05, 4.69) is 20.5 Å². The Balaban J connectivity index is 1.67. The molecule has 5 heteroatoms. The van der Waals surface area contributed by atoms with Crippen molar-refractivity contribution in [2.45, 2.75) is 13.1 Å². The van der Waals surface area contributed by atoms with Crippen molar-refractivity contribution in [1.82, 2.24) is 24.9 Å². The van der Waals surface area contributed by atoms with Crippen molar-refractivity contribution in [3.05, 3.63) is 60.3 Å². The van der Waals surface area contributed by atoms with Crippen molar-refractivity contribution >= 4 is 5.65 Å². The zero-order valence-corrected chi connectivity index (χ0v) is 9.82. The Hall–Kier alpha value is -2.27. The molecule has 0 bridgehead atoms. The Labute approximate surface area is 105 Å². The fourth-order valence-corrected chi connectivity index (χ4v) is 1.82. The van der Waals surface area contributed by atoms with E-state index in [1.807, 2.05) is 47.0 Å². The molecule has 3 aromatic rings. The van der Waals surface area contributed by atoms with Crippen LogP contribution in [-0.2, 0) is 13.1 Å². The molecule has 5 nitrogen and oxygen atoms in total. The van der Waals surface area contributed by atoms with Crippen molar-refractivity contribution in [2.75, 3.05) is 0 Å². The minimum absolute atomic E-state index is 0.668. The fourth-order valence-electron chi connectivity index (χ4n) is 1.82. The summed E-state index contributed by atoms with van der Waals surface area (Å²) in [7, 11) is 0. The molecular formula is C13H13N5. The molecule has 3 heterocycles. The molecule has 0 amide bonds. The maximum absolute atomic E-state index is 4.25. The molecule has 3 rings (SSSR count). The van der Waals surface area contributed by atoms with Crippen LogP contribution in [0.1, 0.15) is 11.5 Å². The Morgan fingerprint density at radius 3 is 2.83 bits per heavy atom. The van der Waals surface area contributed by atoms with E-state index >= 15 is 0 Å². The van der Waals surface area contributed by atoms with Crippen LogP contribution in [0.2, 0.25) is 0 Å². The van der Waals surface area contributed by atoms with Gasteiger partial charge in [0.15, 0.2) is 11.5 Å². The molecule has 0 atom stereocenters. The molecule has 0 aromatic carbocycles. The van der Waals surface area contributed by atoms with E-state index in [1.165, 1.54) is 0 Å². The fraction of sp³-hybridized carbons (Fsp3) is 0.154. The van der Waals surface area contributed by atoms with Gasteiger partial charge < -0.3 is 5.32 Å². The number of fused-ring (bicyclic) bond motifs is 1. The molecule has 0 unspecified atom stereocenters. The Bertz CT molecular complexity index is 632. The Morgan fingerprint density at radius 2 is 1.94 bits per heavy atom. The first-order chi connectivity index (χ1) is 8.93. The third-order valence-electron chi connectivity index (χ3n) is 2.70. The minimum Gasteiger partial charge on any atom is -0.304 e. The van der Waals surface area contributed by atoms with Gasteiger partial charge in [0.2, 0.25) is 0 Å². The predicted molar refractivity (Wildman–Crippen MR) is 67.8 cm³/mol. The van der Waals surface area contributed by atoms with Gasteiger partial charge in [-0.1, -0.05) is 12.1 Å². The lowest BCUT2D eigenvalue weighted by atomic mass is 10.3. The van der Waals surface area contributed by atoms with E-state index in [9.17, 15) is 0 Å². The lowest BCUT2D eigenvalue weighted by Gasteiger charge is -2.02. The smallest absolute Gasteiger partial charge is 0.160 e. The van der Waals surface area contributed by atoms with Crippen molar-refractivity contribution in [2.24, 2.45) is 0 Å². The molecular weight excluding hydrogens is 226 g/mol. The number of nitrogens with one attached hydrogen (secondary N) is 1. The Kier molecular flexibility index (Phi) is 2.97. The van der Waals surface area contributed by atoms with Crippen molar-refractivity contribution in [1.29, 1.82) is 0 Å². The van der Waals surface area contributed by atoms with Crippen LogP contribution in [0.25, 0.3) is 5.65 Å². The maximum atomic E-state index is 4.25. The van der Waals surface area contributed by atoms with Gasteiger partial charge in [0.05, 0.1) is 12.2 Å². The summed E-state index contributed by atoms with van der Waals surface area (Å²) < 4.78 is 1.98. The number of rotatable bonds is 4. The van der Waals surface area contributed by atoms with Crippen LogP contribution in [0.3, 0.4) is 0 Å². The van der Waals surface area contributed by atoms with Crippen LogP contribution >= 0.6 is 0 Å². The van der Waals surface area contributed by atoms with Crippen molar-refractivity contribution in [3.8, 4) is 0 Å². The van der Waals surface area contributed by atoms with Gasteiger partial charge in [-0.15, -0.1) is 10.2 Å². The highest BCUT2D eigenvalue weighted by atomic mass is 15.3. The third kappa shape index (κ3) is 2.21. The standard InChI is InChI=1S/C13H13N5/c1-3-7-15-11(5-1)9-14-10-13-17-16-12-6-2-4-8-18(12)13/h1-8,14H,9-10H2. The van der Waals surface area contributed by atoms with Crippen LogP contribution in [0.15, 0.2) is 48.8 Å². The second-order valence-corrected chi connectivity index (χ2v) is 3.97. The molecule has 18 heavy (non-hydrogen) atoms. The molecule has 0 aliphatic carbocycles. The van der Waals surface area contributed by atoms with Gasteiger partial charge in [-0.25, -0.2) is 0 Å². The first-order valence-electron chi connectivity index (χ1n) is 5.83. The molecule has 0 saturated carbocycles. The van der Waals surface area contributed by atoms with E-state index in [0.717, 1.165) is 23.7 Å².